The summed E-state index contributed by atoms with van der Waals surface area (Å²) < 4.78 is 28.1. The number of unbranched alkanes of at least 4 members (excludes halogenated alkanes) is 1. The molecule has 0 radical (unpaired) electrons. The van der Waals surface area contributed by atoms with Crippen LogP contribution in [0.1, 0.15) is 38.7 Å². The van der Waals surface area contributed by atoms with Crippen molar-refractivity contribution in [3.05, 3.63) is 30.1 Å². The maximum absolute atomic E-state index is 9.19. The van der Waals surface area contributed by atoms with Crippen LogP contribution in [0.5, 0.6) is 0 Å². The Morgan fingerprint density at radius 2 is 1.67 bits per heavy atom. The van der Waals surface area contributed by atoms with E-state index in [4.69, 9.17) is 4.55 Å². The lowest BCUT2D eigenvalue weighted by molar-refractivity contribution is -0.697. The zero-order chi connectivity index (χ0) is 14.0. The van der Waals surface area contributed by atoms with E-state index in [0.717, 1.165) is 6.54 Å². The summed E-state index contributed by atoms with van der Waals surface area (Å²) in [6.45, 7) is 5.58. The van der Waals surface area contributed by atoms with Crippen LogP contribution in [0.4, 0.5) is 0 Å². The Bertz CT molecular complexity index is 404. The van der Waals surface area contributed by atoms with Gasteiger partial charge in [0.15, 0.2) is 12.4 Å². The van der Waals surface area contributed by atoms with Gasteiger partial charge in [0.05, 0.1) is 6.26 Å². The van der Waals surface area contributed by atoms with Crippen LogP contribution in [0, 0.1) is 0 Å². The van der Waals surface area contributed by atoms with E-state index in [1.807, 2.05) is 0 Å². The molecule has 0 saturated heterocycles. The molecular weight excluding hydrogens is 250 g/mol. The summed E-state index contributed by atoms with van der Waals surface area (Å²) in [5.41, 5.74) is 1.47. The minimum Gasteiger partial charge on any atom is -0.286 e. The van der Waals surface area contributed by atoms with Crippen molar-refractivity contribution in [3.8, 4) is 0 Å². The third-order valence-corrected chi connectivity index (χ3v) is 2.26. The minimum atomic E-state index is -3.67. The van der Waals surface area contributed by atoms with Crippen LogP contribution >= 0.6 is 0 Å². The van der Waals surface area contributed by atoms with Crippen LogP contribution in [0.25, 0.3) is 0 Å². The van der Waals surface area contributed by atoms with Gasteiger partial charge in [0.25, 0.3) is 10.1 Å². The summed E-state index contributed by atoms with van der Waals surface area (Å²) in [7, 11) is -3.67. The molecule has 0 spiro atoms. The molecule has 0 aliphatic carbocycles. The van der Waals surface area contributed by atoms with E-state index in [9.17, 15) is 8.42 Å². The molecule has 1 N–H and O–H groups in total. The first-order chi connectivity index (χ1) is 8.36. The van der Waals surface area contributed by atoms with Gasteiger partial charge in [-0.25, -0.2) is 4.57 Å². The van der Waals surface area contributed by atoms with E-state index in [1.54, 1.807) is 0 Å². The van der Waals surface area contributed by atoms with Crippen LogP contribution in [0.15, 0.2) is 24.5 Å². The first kappa shape index (κ1) is 17.1. The molecule has 0 atom stereocenters. The SMILES string of the molecule is CCCCc1cc[n+](CCC)cc1.CS(=O)(=O)O. The molecule has 0 unspecified atom stereocenters. The number of aryl methyl sites for hydroxylation is 2. The fourth-order valence-corrected chi connectivity index (χ4v) is 1.44. The first-order valence-electron chi connectivity index (χ1n) is 6.27. The highest BCUT2D eigenvalue weighted by atomic mass is 32.2. The molecule has 0 aromatic carbocycles. The first-order valence-corrected chi connectivity index (χ1v) is 8.12. The third kappa shape index (κ3) is 11.5. The van der Waals surface area contributed by atoms with Crippen molar-refractivity contribution in [2.24, 2.45) is 0 Å². The van der Waals surface area contributed by atoms with Crippen molar-refractivity contribution >= 4 is 10.1 Å². The second-order valence-electron chi connectivity index (χ2n) is 4.28. The van der Waals surface area contributed by atoms with Gasteiger partial charge < -0.3 is 0 Å². The standard InChI is InChI=1S/C12H20N.CH4O3S/c1-3-5-6-12-7-10-13(9-4-2)11-8-12;1-5(2,3)4/h7-8,10-11H,3-6,9H2,1-2H3;1H3,(H,2,3,4)/q+1;. The Kier molecular flexibility index (Phi) is 8.58. The molecule has 0 amide bonds. The van der Waals surface area contributed by atoms with Crippen LogP contribution < -0.4 is 4.57 Å². The van der Waals surface area contributed by atoms with E-state index in [-0.39, 0.29) is 0 Å². The van der Waals surface area contributed by atoms with Gasteiger partial charge in [-0.05, 0) is 18.4 Å². The zero-order valence-electron chi connectivity index (χ0n) is 11.5. The predicted molar refractivity (Wildman–Crippen MR) is 73.0 cm³/mol. The molecule has 1 rings (SSSR count). The van der Waals surface area contributed by atoms with Crippen LogP contribution in [-0.4, -0.2) is 19.2 Å². The number of hydrogen-bond donors (Lipinski definition) is 1. The number of aromatic nitrogens is 1. The lowest BCUT2D eigenvalue weighted by atomic mass is 10.1. The average Bonchev–Trinajstić information content (AvgIpc) is 2.26. The van der Waals surface area contributed by atoms with Gasteiger partial charge in [-0.3, -0.25) is 4.55 Å². The smallest absolute Gasteiger partial charge is 0.261 e. The lowest BCUT2D eigenvalue weighted by Crippen LogP contribution is -2.32. The molecule has 104 valence electrons. The van der Waals surface area contributed by atoms with Gasteiger partial charge in [0.1, 0.15) is 6.54 Å². The number of hydrogen-bond acceptors (Lipinski definition) is 2. The van der Waals surface area contributed by atoms with Crippen LogP contribution in [-0.2, 0) is 23.1 Å². The van der Waals surface area contributed by atoms with E-state index in [1.165, 1.54) is 31.2 Å². The lowest BCUT2D eigenvalue weighted by Gasteiger charge is -1.98. The molecule has 0 fully saturated rings. The Balaban J connectivity index is 0.000000494. The zero-order valence-corrected chi connectivity index (χ0v) is 12.3. The van der Waals surface area contributed by atoms with Crippen LogP contribution in [0.3, 0.4) is 0 Å². The highest BCUT2D eigenvalue weighted by molar-refractivity contribution is 7.85. The molecule has 0 bridgehead atoms. The molecule has 0 saturated carbocycles. The van der Waals surface area contributed by atoms with Crippen molar-refractivity contribution in [1.82, 2.24) is 0 Å². The van der Waals surface area contributed by atoms with Crippen molar-refractivity contribution in [3.63, 3.8) is 0 Å². The number of nitrogens with zero attached hydrogens (tertiary/aromatic N) is 1. The van der Waals surface area contributed by atoms with E-state index >= 15 is 0 Å². The Morgan fingerprint density at radius 3 is 2.06 bits per heavy atom. The summed E-state index contributed by atoms with van der Waals surface area (Å²) >= 11 is 0. The van der Waals surface area contributed by atoms with Gasteiger partial charge >= 0.3 is 0 Å². The maximum atomic E-state index is 9.19. The molecule has 4 nitrogen and oxygen atoms in total. The highest BCUT2D eigenvalue weighted by Gasteiger charge is 1.98. The molecule has 1 aromatic heterocycles. The quantitative estimate of drug-likeness (QED) is 0.661. The Morgan fingerprint density at radius 1 is 1.17 bits per heavy atom. The Hall–Kier alpha value is -0.940. The van der Waals surface area contributed by atoms with Crippen molar-refractivity contribution in [2.75, 3.05) is 6.26 Å². The van der Waals surface area contributed by atoms with Gasteiger partial charge in [0.2, 0.25) is 0 Å². The Labute approximate surface area is 110 Å². The van der Waals surface area contributed by atoms with Gasteiger partial charge in [-0.15, -0.1) is 0 Å². The number of rotatable bonds is 5. The topological polar surface area (TPSA) is 58.2 Å². The molecule has 1 heterocycles. The van der Waals surface area contributed by atoms with E-state index in [0.29, 0.717) is 6.26 Å². The fraction of sp³-hybridized carbons (Fsp3) is 0.615. The van der Waals surface area contributed by atoms with Crippen LogP contribution in [0.2, 0.25) is 0 Å². The maximum Gasteiger partial charge on any atom is 0.261 e. The minimum absolute atomic E-state index is 0.715. The largest absolute Gasteiger partial charge is 0.286 e. The van der Waals surface area contributed by atoms with Crippen molar-refractivity contribution in [2.45, 2.75) is 46.1 Å². The summed E-state index contributed by atoms with van der Waals surface area (Å²) in [5.74, 6) is 0. The summed E-state index contributed by atoms with van der Waals surface area (Å²) in [6.07, 6.45) is 10.1. The molecule has 1 aromatic rings. The summed E-state index contributed by atoms with van der Waals surface area (Å²) in [4.78, 5) is 0. The summed E-state index contributed by atoms with van der Waals surface area (Å²) in [6, 6.07) is 4.48. The van der Waals surface area contributed by atoms with E-state index in [2.05, 4.69) is 42.9 Å². The van der Waals surface area contributed by atoms with E-state index < -0.39 is 10.1 Å². The summed E-state index contributed by atoms with van der Waals surface area (Å²) in [5, 5.41) is 0. The third-order valence-electron chi connectivity index (χ3n) is 2.26. The van der Waals surface area contributed by atoms with Gasteiger partial charge in [-0.1, -0.05) is 20.3 Å². The van der Waals surface area contributed by atoms with Crippen molar-refractivity contribution in [1.29, 1.82) is 0 Å². The predicted octanol–water partition coefficient (Wildman–Crippen LogP) is 2.23. The normalized spacial score (nSPS) is 10.7. The second-order valence-corrected chi connectivity index (χ2v) is 5.75. The monoisotopic (exact) mass is 274 g/mol. The number of pyridine rings is 1. The van der Waals surface area contributed by atoms with Gasteiger partial charge in [-0.2, -0.15) is 8.42 Å². The average molecular weight is 274 g/mol. The highest BCUT2D eigenvalue weighted by Crippen LogP contribution is 2.01. The molecular formula is C13H24NO3S+. The molecule has 18 heavy (non-hydrogen) atoms. The molecule has 0 aliphatic heterocycles. The molecule has 5 heteroatoms. The van der Waals surface area contributed by atoms with Crippen molar-refractivity contribution < 1.29 is 17.5 Å². The fourth-order valence-electron chi connectivity index (χ4n) is 1.44. The van der Waals surface area contributed by atoms with Gasteiger partial charge in [0, 0.05) is 18.6 Å². The second kappa shape index (κ2) is 9.05. The molecule has 0 aliphatic rings.